The van der Waals surface area contributed by atoms with Crippen LogP contribution in [0.25, 0.3) is 0 Å². The number of methoxy groups -OCH3 is 2. The van der Waals surface area contributed by atoms with Gasteiger partial charge in [-0.1, -0.05) is 48.0 Å². The standard InChI is InChI=1S/C21H24N2O6S/c1-15-10-12-17(13-11-15)30(26,27)23-14-22-21(19(25)29-4,16-8-6-5-7-9-16)20(23,2)18(24)28-3/h5-13,22H,14H2,1-4H3/t20-,21+/m1/s1. The van der Waals surface area contributed by atoms with Crippen molar-refractivity contribution in [3.63, 3.8) is 0 Å². The number of aryl methyl sites for hydroxylation is 1. The molecule has 8 nitrogen and oxygen atoms in total. The summed E-state index contributed by atoms with van der Waals surface area (Å²) in [6.07, 6.45) is 0. The Hall–Kier alpha value is -2.75. The molecule has 0 aliphatic carbocycles. The maximum absolute atomic E-state index is 13.5. The smallest absolute Gasteiger partial charge is 0.333 e. The van der Waals surface area contributed by atoms with E-state index in [0.717, 1.165) is 17.0 Å². The molecule has 2 atom stereocenters. The SMILES string of the molecule is COC(=O)[C@]1(c2ccccc2)NCN(S(=O)(=O)c2ccc(C)cc2)[C@]1(C)C(=O)OC. The lowest BCUT2D eigenvalue weighted by Gasteiger charge is -2.41. The highest BCUT2D eigenvalue weighted by Crippen LogP contribution is 2.46. The number of sulfonamides is 1. The van der Waals surface area contributed by atoms with Crippen molar-refractivity contribution in [2.24, 2.45) is 0 Å². The van der Waals surface area contributed by atoms with Gasteiger partial charge >= 0.3 is 11.9 Å². The average molecular weight is 432 g/mol. The third-order valence-electron chi connectivity index (χ3n) is 5.61. The maximum atomic E-state index is 13.5. The molecule has 0 aromatic heterocycles. The van der Waals surface area contributed by atoms with Gasteiger partial charge in [0.1, 0.15) is 0 Å². The maximum Gasteiger partial charge on any atom is 0.333 e. The predicted molar refractivity (Wildman–Crippen MR) is 109 cm³/mol. The lowest BCUT2D eigenvalue weighted by molar-refractivity contribution is -0.164. The summed E-state index contributed by atoms with van der Waals surface area (Å²) < 4.78 is 38.1. The zero-order valence-electron chi connectivity index (χ0n) is 17.2. The fourth-order valence-corrected chi connectivity index (χ4v) is 5.60. The van der Waals surface area contributed by atoms with Gasteiger partial charge in [-0.2, -0.15) is 4.31 Å². The lowest BCUT2D eigenvalue weighted by atomic mass is 9.74. The third-order valence-corrected chi connectivity index (χ3v) is 7.55. The molecule has 1 fully saturated rings. The molecule has 1 aliphatic heterocycles. The summed E-state index contributed by atoms with van der Waals surface area (Å²) in [5.74, 6) is -1.69. The van der Waals surface area contributed by atoms with Gasteiger partial charge in [-0.15, -0.1) is 0 Å². The van der Waals surface area contributed by atoms with Crippen molar-refractivity contribution in [3.8, 4) is 0 Å². The van der Waals surface area contributed by atoms with E-state index in [1.165, 1.54) is 26.2 Å². The van der Waals surface area contributed by atoms with Gasteiger partial charge < -0.3 is 9.47 Å². The number of carbonyl (C=O) groups excluding carboxylic acids is 2. The fraction of sp³-hybridized carbons (Fsp3) is 0.333. The van der Waals surface area contributed by atoms with Crippen LogP contribution in [0.2, 0.25) is 0 Å². The molecule has 0 radical (unpaired) electrons. The molecule has 0 saturated carbocycles. The van der Waals surface area contributed by atoms with Crippen molar-refractivity contribution >= 4 is 22.0 Å². The lowest BCUT2D eigenvalue weighted by Crippen LogP contribution is -2.66. The quantitative estimate of drug-likeness (QED) is 0.715. The van der Waals surface area contributed by atoms with Crippen LogP contribution in [0.4, 0.5) is 0 Å². The van der Waals surface area contributed by atoms with Gasteiger partial charge in [0.05, 0.1) is 25.8 Å². The molecule has 3 rings (SSSR count). The van der Waals surface area contributed by atoms with Crippen molar-refractivity contribution in [3.05, 3.63) is 65.7 Å². The zero-order valence-corrected chi connectivity index (χ0v) is 18.0. The number of carbonyl (C=O) groups is 2. The monoisotopic (exact) mass is 432 g/mol. The molecule has 1 N–H and O–H groups in total. The molecule has 0 spiro atoms. The molecule has 1 aliphatic rings. The summed E-state index contributed by atoms with van der Waals surface area (Å²) >= 11 is 0. The van der Waals surface area contributed by atoms with Crippen molar-refractivity contribution in [2.45, 2.75) is 29.8 Å². The van der Waals surface area contributed by atoms with Gasteiger partial charge in [0.25, 0.3) is 0 Å². The van der Waals surface area contributed by atoms with E-state index in [1.54, 1.807) is 42.5 Å². The van der Waals surface area contributed by atoms with Gasteiger partial charge in [0.15, 0.2) is 11.1 Å². The second kappa shape index (κ2) is 7.82. The van der Waals surface area contributed by atoms with Crippen LogP contribution in [-0.4, -0.2) is 51.1 Å². The first-order valence-electron chi connectivity index (χ1n) is 9.23. The van der Waals surface area contributed by atoms with Crippen LogP contribution in [0.3, 0.4) is 0 Å². The summed E-state index contributed by atoms with van der Waals surface area (Å²) in [4.78, 5) is 26.2. The van der Waals surface area contributed by atoms with E-state index in [4.69, 9.17) is 9.47 Å². The minimum Gasteiger partial charge on any atom is -0.468 e. The number of esters is 2. The Kier molecular flexibility index (Phi) is 5.72. The molecule has 2 aromatic rings. The Morgan fingerprint density at radius 3 is 2.07 bits per heavy atom. The van der Waals surface area contributed by atoms with E-state index in [-0.39, 0.29) is 11.6 Å². The summed E-state index contributed by atoms with van der Waals surface area (Å²) in [5, 5.41) is 2.95. The van der Waals surface area contributed by atoms with Gasteiger partial charge in [0.2, 0.25) is 10.0 Å². The largest absolute Gasteiger partial charge is 0.468 e. The number of rotatable bonds is 5. The van der Waals surface area contributed by atoms with Crippen LogP contribution >= 0.6 is 0 Å². The van der Waals surface area contributed by atoms with Gasteiger partial charge in [0, 0.05) is 0 Å². The summed E-state index contributed by atoms with van der Waals surface area (Å²) in [6.45, 7) is 2.91. The number of hydrogen-bond acceptors (Lipinski definition) is 7. The first-order chi connectivity index (χ1) is 14.2. The Balaban J connectivity index is 2.28. The summed E-state index contributed by atoms with van der Waals surface area (Å²) in [7, 11) is -1.84. The molecule has 1 saturated heterocycles. The second-order valence-electron chi connectivity index (χ2n) is 7.17. The number of ether oxygens (including phenoxy) is 2. The van der Waals surface area contributed by atoms with Crippen LogP contribution in [-0.2, 0) is 34.6 Å². The van der Waals surface area contributed by atoms with Gasteiger partial charge in [-0.25, -0.2) is 18.0 Å². The predicted octanol–water partition coefficient (Wildman–Crippen LogP) is 1.55. The van der Waals surface area contributed by atoms with E-state index >= 15 is 0 Å². The van der Waals surface area contributed by atoms with Crippen molar-refractivity contribution in [2.75, 3.05) is 20.9 Å². The highest BCUT2D eigenvalue weighted by Gasteiger charge is 2.70. The highest BCUT2D eigenvalue weighted by molar-refractivity contribution is 7.89. The van der Waals surface area contributed by atoms with E-state index in [1.807, 2.05) is 6.92 Å². The second-order valence-corrected chi connectivity index (χ2v) is 9.04. The van der Waals surface area contributed by atoms with Crippen LogP contribution < -0.4 is 5.32 Å². The molecular weight excluding hydrogens is 408 g/mol. The molecule has 0 amide bonds. The van der Waals surface area contributed by atoms with Crippen LogP contribution in [0.1, 0.15) is 18.1 Å². The average Bonchev–Trinajstić information content (AvgIpc) is 3.09. The minimum atomic E-state index is -4.18. The normalized spacial score (nSPS) is 24.4. The highest BCUT2D eigenvalue weighted by atomic mass is 32.2. The zero-order chi connectivity index (χ0) is 22.2. The number of nitrogens with zero attached hydrogens (tertiary/aromatic N) is 1. The summed E-state index contributed by atoms with van der Waals surface area (Å²) in [5.41, 5.74) is -2.50. The number of nitrogens with one attached hydrogen (secondary N) is 1. The van der Waals surface area contributed by atoms with Crippen molar-refractivity contribution in [1.29, 1.82) is 0 Å². The Labute approximate surface area is 175 Å². The third kappa shape index (κ3) is 3.01. The molecule has 0 unspecified atom stereocenters. The van der Waals surface area contributed by atoms with Crippen LogP contribution in [0.5, 0.6) is 0 Å². The minimum absolute atomic E-state index is 0.00115. The molecule has 30 heavy (non-hydrogen) atoms. The molecule has 160 valence electrons. The first-order valence-corrected chi connectivity index (χ1v) is 10.7. The van der Waals surface area contributed by atoms with Gasteiger partial charge in [-0.3, -0.25) is 5.32 Å². The molecule has 9 heteroatoms. The Morgan fingerprint density at radius 1 is 0.967 bits per heavy atom. The topological polar surface area (TPSA) is 102 Å². The molecule has 0 bridgehead atoms. The van der Waals surface area contributed by atoms with Gasteiger partial charge in [-0.05, 0) is 31.5 Å². The number of hydrogen-bond donors (Lipinski definition) is 1. The first kappa shape index (κ1) is 21.9. The van der Waals surface area contributed by atoms with Crippen molar-refractivity contribution < 1.29 is 27.5 Å². The Bertz CT molecular complexity index is 1050. The molecule has 1 heterocycles. The van der Waals surface area contributed by atoms with E-state index in [9.17, 15) is 18.0 Å². The molecular formula is C21H24N2O6S. The van der Waals surface area contributed by atoms with E-state index in [2.05, 4.69) is 5.32 Å². The van der Waals surface area contributed by atoms with Crippen LogP contribution in [0, 0.1) is 6.92 Å². The fourth-order valence-electron chi connectivity index (χ4n) is 3.94. The summed E-state index contributed by atoms with van der Waals surface area (Å²) in [6, 6.07) is 14.6. The van der Waals surface area contributed by atoms with Crippen molar-refractivity contribution in [1.82, 2.24) is 9.62 Å². The number of benzene rings is 2. The molecule has 2 aromatic carbocycles. The van der Waals surface area contributed by atoms with E-state index < -0.39 is 33.0 Å². The Morgan fingerprint density at radius 2 is 1.53 bits per heavy atom. The van der Waals surface area contributed by atoms with E-state index in [0.29, 0.717) is 5.56 Å². The van der Waals surface area contributed by atoms with Crippen LogP contribution in [0.15, 0.2) is 59.5 Å².